The van der Waals surface area contributed by atoms with E-state index in [0.717, 1.165) is 16.8 Å². The molecule has 21 heavy (non-hydrogen) atoms. The fraction of sp³-hybridized carbons (Fsp3) is 0.250. The van der Waals surface area contributed by atoms with E-state index in [1.807, 2.05) is 18.2 Å². The zero-order valence-corrected chi connectivity index (χ0v) is 13.5. The van der Waals surface area contributed by atoms with Crippen molar-refractivity contribution in [2.75, 3.05) is 11.6 Å². The first-order chi connectivity index (χ1) is 9.95. The molecule has 0 aliphatic rings. The highest BCUT2D eigenvalue weighted by Gasteiger charge is 2.05. The molecular weight excluding hydrogens is 309 g/mol. The highest BCUT2D eigenvalue weighted by atomic mass is 35.5. The molecule has 2 rings (SSSR count). The summed E-state index contributed by atoms with van der Waals surface area (Å²) < 4.78 is 24.8. The third-order valence-electron chi connectivity index (χ3n) is 3.14. The van der Waals surface area contributed by atoms with Crippen molar-refractivity contribution in [3.63, 3.8) is 0 Å². The van der Waals surface area contributed by atoms with Gasteiger partial charge in [0.05, 0.1) is 0 Å². The fourth-order valence-electron chi connectivity index (χ4n) is 1.96. The van der Waals surface area contributed by atoms with Crippen molar-refractivity contribution in [2.45, 2.75) is 19.2 Å². The summed E-state index contributed by atoms with van der Waals surface area (Å²) in [5.74, 6) is 0.223. The van der Waals surface area contributed by atoms with Gasteiger partial charge in [-0.15, -0.1) is 0 Å². The Balaban J connectivity index is 2.09. The molecule has 1 atom stereocenters. The minimum atomic E-state index is -0.943. The zero-order chi connectivity index (χ0) is 15.4. The van der Waals surface area contributed by atoms with Gasteiger partial charge in [0.1, 0.15) is 5.82 Å². The molecule has 5 heteroatoms. The van der Waals surface area contributed by atoms with Crippen LogP contribution < -0.4 is 5.32 Å². The van der Waals surface area contributed by atoms with Gasteiger partial charge in [0.2, 0.25) is 0 Å². The maximum atomic E-state index is 13.5. The van der Waals surface area contributed by atoms with Crippen LogP contribution in [-0.2, 0) is 23.1 Å². The molecule has 0 radical (unpaired) electrons. The molecule has 2 aromatic rings. The second kappa shape index (κ2) is 7.05. The number of aryl methyl sites for hydroxylation is 1. The van der Waals surface area contributed by atoms with E-state index < -0.39 is 10.8 Å². The van der Waals surface area contributed by atoms with E-state index >= 15 is 0 Å². The summed E-state index contributed by atoms with van der Waals surface area (Å²) in [5.41, 5.74) is 3.23. The van der Waals surface area contributed by atoms with Gasteiger partial charge in [0.15, 0.2) is 0 Å². The number of hydrogen-bond acceptors (Lipinski definition) is 2. The molecule has 1 N–H and O–H groups in total. The monoisotopic (exact) mass is 325 g/mol. The van der Waals surface area contributed by atoms with E-state index in [2.05, 4.69) is 5.32 Å². The van der Waals surface area contributed by atoms with Crippen LogP contribution in [0.1, 0.15) is 16.7 Å². The van der Waals surface area contributed by atoms with Crippen LogP contribution in [0.2, 0.25) is 5.02 Å². The maximum Gasteiger partial charge on any atom is 0.126 e. The molecule has 0 spiro atoms. The van der Waals surface area contributed by atoms with Gasteiger partial charge in [0.25, 0.3) is 0 Å². The number of nitrogens with one attached hydrogen (secondary N) is 1. The van der Waals surface area contributed by atoms with E-state index in [1.165, 1.54) is 6.07 Å². The molecule has 0 fully saturated rings. The fourth-order valence-corrected chi connectivity index (χ4v) is 2.91. The quantitative estimate of drug-likeness (QED) is 0.889. The number of rotatable bonds is 5. The van der Waals surface area contributed by atoms with Crippen LogP contribution in [0.5, 0.6) is 0 Å². The summed E-state index contributed by atoms with van der Waals surface area (Å²) in [6.07, 6.45) is 1.64. The molecule has 0 heterocycles. The second-order valence-corrected chi connectivity index (χ2v) is 6.80. The third kappa shape index (κ3) is 4.55. The average molecular weight is 326 g/mol. The van der Waals surface area contributed by atoms with Gasteiger partial charge in [-0.3, -0.25) is 4.21 Å². The van der Waals surface area contributed by atoms with Crippen LogP contribution in [0.4, 0.5) is 10.1 Å². The van der Waals surface area contributed by atoms with Crippen molar-refractivity contribution in [3.8, 4) is 0 Å². The van der Waals surface area contributed by atoms with E-state index in [1.54, 1.807) is 25.3 Å². The number of hydrogen-bond donors (Lipinski definition) is 1. The summed E-state index contributed by atoms with van der Waals surface area (Å²) in [6, 6.07) is 10.7. The maximum absolute atomic E-state index is 13.5. The Hall–Kier alpha value is -1.39. The molecule has 0 aliphatic heterocycles. The minimum Gasteiger partial charge on any atom is -0.381 e. The smallest absolute Gasteiger partial charge is 0.126 e. The van der Waals surface area contributed by atoms with Gasteiger partial charge in [-0.25, -0.2) is 4.39 Å². The molecular formula is C16H17ClFNOS. The lowest BCUT2D eigenvalue weighted by molar-refractivity contribution is 0.616. The van der Waals surface area contributed by atoms with E-state index in [0.29, 0.717) is 22.9 Å². The molecule has 1 unspecified atom stereocenters. The third-order valence-corrected chi connectivity index (χ3v) is 4.22. The Bertz CT molecular complexity index is 675. The van der Waals surface area contributed by atoms with Crippen molar-refractivity contribution in [1.82, 2.24) is 0 Å². The van der Waals surface area contributed by atoms with Crippen LogP contribution in [0.3, 0.4) is 0 Å². The van der Waals surface area contributed by atoms with Gasteiger partial charge in [0, 0.05) is 40.1 Å². The average Bonchev–Trinajstić information content (AvgIpc) is 2.43. The van der Waals surface area contributed by atoms with Gasteiger partial charge >= 0.3 is 0 Å². The summed E-state index contributed by atoms with van der Waals surface area (Å²) in [7, 11) is -0.943. The van der Waals surface area contributed by atoms with E-state index in [-0.39, 0.29) is 5.82 Å². The first kappa shape index (κ1) is 16.0. The molecule has 2 aromatic carbocycles. The SMILES string of the molecule is Cc1ccc(CNc2ccc(Cl)c(CS(C)=O)c2)cc1F. The van der Waals surface area contributed by atoms with E-state index in [4.69, 9.17) is 11.6 Å². The predicted octanol–water partition coefficient (Wildman–Crippen LogP) is 4.28. The van der Waals surface area contributed by atoms with Crippen LogP contribution in [-0.4, -0.2) is 10.5 Å². The van der Waals surface area contributed by atoms with E-state index in [9.17, 15) is 8.60 Å². The lowest BCUT2D eigenvalue weighted by atomic mass is 10.1. The summed E-state index contributed by atoms with van der Waals surface area (Å²) in [4.78, 5) is 0. The van der Waals surface area contributed by atoms with Gasteiger partial charge < -0.3 is 5.32 Å². The van der Waals surface area contributed by atoms with Gasteiger partial charge in [-0.05, 0) is 47.9 Å². The Morgan fingerprint density at radius 2 is 2.00 bits per heavy atom. The number of halogens is 2. The lowest BCUT2D eigenvalue weighted by Crippen LogP contribution is -2.02. The number of benzene rings is 2. The Kier molecular flexibility index (Phi) is 5.37. The first-order valence-electron chi connectivity index (χ1n) is 6.53. The normalized spacial score (nSPS) is 12.2. The molecule has 0 bridgehead atoms. The van der Waals surface area contributed by atoms with Crippen molar-refractivity contribution in [3.05, 3.63) is 63.9 Å². The molecule has 0 saturated carbocycles. The number of anilines is 1. The molecule has 0 saturated heterocycles. The Labute approximate surface area is 131 Å². The minimum absolute atomic E-state index is 0.201. The van der Waals surface area contributed by atoms with Crippen molar-refractivity contribution in [2.24, 2.45) is 0 Å². The molecule has 0 amide bonds. The highest BCUT2D eigenvalue weighted by Crippen LogP contribution is 2.22. The molecule has 0 aromatic heterocycles. The van der Waals surface area contributed by atoms with Crippen LogP contribution in [0.25, 0.3) is 0 Å². The lowest BCUT2D eigenvalue weighted by Gasteiger charge is -2.10. The van der Waals surface area contributed by atoms with Crippen molar-refractivity contribution >= 4 is 28.1 Å². The van der Waals surface area contributed by atoms with Crippen molar-refractivity contribution in [1.29, 1.82) is 0 Å². The topological polar surface area (TPSA) is 29.1 Å². The highest BCUT2D eigenvalue weighted by molar-refractivity contribution is 7.83. The van der Waals surface area contributed by atoms with Crippen LogP contribution in [0, 0.1) is 12.7 Å². The largest absolute Gasteiger partial charge is 0.381 e. The standard InChI is InChI=1S/C16H17ClFNOS/c1-11-3-4-12(7-16(11)18)9-19-14-5-6-15(17)13(8-14)10-21(2)20/h3-8,19H,9-10H2,1-2H3. The summed E-state index contributed by atoms with van der Waals surface area (Å²) in [5, 5.41) is 3.83. The van der Waals surface area contributed by atoms with Crippen LogP contribution in [0.15, 0.2) is 36.4 Å². The molecule has 0 aliphatic carbocycles. The molecule has 2 nitrogen and oxygen atoms in total. The predicted molar refractivity (Wildman–Crippen MR) is 87.7 cm³/mol. The zero-order valence-electron chi connectivity index (χ0n) is 12.0. The van der Waals surface area contributed by atoms with Crippen LogP contribution >= 0.6 is 11.6 Å². The second-order valence-electron chi connectivity index (χ2n) is 4.96. The summed E-state index contributed by atoms with van der Waals surface area (Å²) in [6.45, 7) is 2.26. The van der Waals surface area contributed by atoms with Gasteiger partial charge in [-0.2, -0.15) is 0 Å². The molecule has 112 valence electrons. The Morgan fingerprint density at radius 3 is 2.67 bits per heavy atom. The Morgan fingerprint density at radius 1 is 1.24 bits per heavy atom. The van der Waals surface area contributed by atoms with Crippen molar-refractivity contribution < 1.29 is 8.60 Å². The first-order valence-corrected chi connectivity index (χ1v) is 8.63. The van der Waals surface area contributed by atoms with Gasteiger partial charge in [-0.1, -0.05) is 23.7 Å². The summed E-state index contributed by atoms with van der Waals surface area (Å²) >= 11 is 6.08.